The van der Waals surface area contributed by atoms with Crippen LogP contribution >= 0.6 is 23.2 Å². The van der Waals surface area contributed by atoms with Crippen LogP contribution in [0.25, 0.3) is 0 Å². The van der Waals surface area contributed by atoms with E-state index in [4.69, 9.17) is 23.2 Å². The van der Waals surface area contributed by atoms with Crippen molar-refractivity contribution < 1.29 is 0 Å². The molecule has 154 valence electrons. The van der Waals surface area contributed by atoms with Crippen LogP contribution in [0.4, 0.5) is 0 Å². The second-order valence-electron chi connectivity index (χ2n) is 7.81. The number of nitrogens with zero attached hydrogens (tertiary/aromatic N) is 2. The molecule has 1 unspecified atom stereocenters. The van der Waals surface area contributed by atoms with Crippen molar-refractivity contribution in [2.75, 3.05) is 19.6 Å². The third kappa shape index (κ3) is 6.29. The van der Waals surface area contributed by atoms with Gasteiger partial charge < -0.3 is 9.80 Å². The van der Waals surface area contributed by atoms with E-state index in [9.17, 15) is 0 Å². The highest BCUT2D eigenvalue weighted by Gasteiger charge is 2.27. The van der Waals surface area contributed by atoms with Gasteiger partial charge in [0.25, 0.3) is 0 Å². The van der Waals surface area contributed by atoms with Crippen LogP contribution in [0.15, 0.2) is 73.6 Å². The summed E-state index contributed by atoms with van der Waals surface area (Å²) in [6.45, 7) is 12.2. The predicted octanol–water partition coefficient (Wildman–Crippen LogP) is 6.80. The number of allylic oxidation sites excluding steroid dienone is 1. The third-order valence-electron chi connectivity index (χ3n) is 5.55. The molecular weight excluding hydrogens is 399 g/mol. The Hall–Kier alpha value is -1.90. The highest BCUT2D eigenvalue weighted by atomic mass is 35.5. The second-order valence-corrected chi connectivity index (χ2v) is 8.66. The van der Waals surface area contributed by atoms with Crippen LogP contribution < -0.4 is 0 Å². The normalized spacial score (nSPS) is 16.9. The Morgan fingerprint density at radius 2 is 1.76 bits per heavy atom. The van der Waals surface area contributed by atoms with Crippen LogP contribution in [0.1, 0.15) is 30.4 Å². The Morgan fingerprint density at radius 3 is 2.48 bits per heavy atom. The van der Waals surface area contributed by atoms with Gasteiger partial charge >= 0.3 is 0 Å². The van der Waals surface area contributed by atoms with Crippen molar-refractivity contribution in [2.24, 2.45) is 5.92 Å². The molecule has 2 aromatic carbocycles. The fraction of sp³-hybridized carbons (Fsp3) is 0.360. The molecule has 29 heavy (non-hydrogen) atoms. The molecule has 1 aliphatic heterocycles. The summed E-state index contributed by atoms with van der Waals surface area (Å²) in [7, 11) is 0. The first-order valence-electron chi connectivity index (χ1n) is 10.3. The summed E-state index contributed by atoms with van der Waals surface area (Å²) >= 11 is 12.5. The Balaban J connectivity index is 1.60. The Kier molecular flexibility index (Phi) is 8.09. The second kappa shape index (κ2) is 10.8. The smallest absolute Gasteiger partial charge is 0.0968 e. The summed E-state index contributed by atoms with van der Waals surface area (Å²) < 4.78 is 0. The van der Waals surface area contributed by atoms with Gasteiger partial charge in [0.15, 0.2) is 0 Å². The van der Waals surface area contributed by atoms with E-state index in [-0.39, 0.29) is 0 Å². The largest absolute Gasteiger partial charge is 0.358 e. The zero-order chi connectivity index (χ0) is 20.6. The maximum absolute atomic E-state index is 6.42. The molecule has 1 aliphatic rings. The van der Waals surface area contributed by atoms with E-state index in [1.807, 2.05) is 24.3 Å². The molecule has 0 N–H and O–H groups in total. The molecule has 2 aromatic rings. The number of benzene rings is 2. The SMILES string of the molecule is C=CCC1CN(CCCCc2ccccc2)C(=C)N(Cc2ccc(Cl)cc2Cl)C1. The molecule has 3 rings (SSSR count). The van der Waals surface area contributed by atoms with E-state index in [1.165, 1.54) is 12.0 Å². The predicted molar refractivity (Wildman–Crippen MR) is 125 cm³/mol. The number of hydrogen-bond acceptors (Lipinski definition) is 2. The lowest BCUT2D eigenvalue weighted by atomic mass is 10.00. The molecule has 0 radical (unpaired) electrons. The van der Waals surface area contributed by atoms with Gasteiger partial charge in [-0.15, -0.1) is 6.58 Å². The van der Waals surface area contributed by atoms with Crippen molar-refractivity contribution in [1.82, 2.24) is 9.80 Å². The number of halogens is 2. The quantitative estimate of drug-likeness (QED) is 0.320. The van der Waals surface area contributed by atoms with Gasteiger partial charge in [0.2, 0.25) is 0 Å². The van der Waals surface area contributed by atoms with Gasteiger partial charge in [-0.25, -0.2) is 0 Å². The maximum atomic E-state index is 6.42. The fourth-order valence-corrected chi connectivity index (χ4v) is 4.45. The summed E-state index contributed by atoms with van der Waals surface area (Å²) in [6, 6.07) is 16.4. The summed E-state index contributed by atoms with van der Waals surface area (Å²) in [5.41, 5.74) is 2.49. The summed E-state index contributed by atoms with van der Waals surface area (Å²) in [6.07, 6.45) is 6.51. The molecule has 0 amide bonds. The van der Waals surface area contributed by atoms with E-state index in [1.54, 1.807) is 0 Å². The minimum Gasteiger partial charge on any atom is -0.358 e. The van der Waals surface area contributed by atoms with E-state index in [0.29, 0.717) is 16.0 Å². The van der Waals surface area contributed by atoms with Crippen LogP contribution in [-0.4, -0.2) is 29.4 Å². The van der Waals surface area contributed by atoms with Crippen LogP contribution in [0.2, 0.25) is 10.0 Å². The van der Waals surface area contributed by atoms with Gasteiger partial charge in [0, 0.05) is 36.2 Å². The molecule has 1 atom stereocenters. The minimum absolute atomic E-state index is 0.554. The summed E-state index contributed by atoms with van der Waals surface area (Å²) in [4.78, 5) is 4.79. The maximum Gasteiger partial charge on any atom is 0.0968 e. The average molecular weight is 429 g/mol. The van der Waals surface area contributed by atoms with Crippen LogP contribution in [0, 0.1) is 5.92 Å². The van der Waals surface area contributed by atoms with Gasteiger partial charge in [-0.05, 0) is 54.9 Å². The molecule has 0 spiro atoms. The molecule has 2 nitrogen and oxygen atoms in total. The van der Waals surface area contributed by atoms with Crippen molar-refractivity contribution >= 4 is 23.2 Å². The standard InChI is InChI=1S/C25H30Cl2N2/c1-3-9-22-17-28(15-8-7-12-21-10-5-4-6-11-21)20(2)29(18-22)19-23-13-14-24(26)16-25(23)27/h3-6,10-11,13-14,16,22H,1-2,7-9,12,15,17-19H2. The molecule has 0 saturated carbocycles. The van der Waals surface area contributed by atoms with Crippen molar-refractivity contribution in [3.05, 3.63) is 94.8 Å². The van der Waals surface area contributed by atoms with Crippen LogP contribution in [-0.2, 0) is 13.0 Å². The molecule has 0 bridgehead atoms. The van der Waals surface area contributed by atoms with Crippen LogP contribution in [0.5, 0.6) is 0 Å². The highest BCUT2D eigenvalue weighted by molar-refractivity contribution is 6.35. The topological polar surface area (TPSA) is 6.48 Å². The molecule has 1 fully saturated rings. The lowest BCUT2D eigenvalue weighted by Crippen LogP contribution is -2.47. The minimum atomic E-state index is 0.554. The van der Waals surface area contributed by atoms with E-state index < -0.39 is 0 Å². The van der Waals surface area contributed by atoms with Crippen molar-refractivity contribution in [3.8, 4) is 0 Å². The molecule has 1 heterocycles. The van der Waals surface area contributed by atoms with E-state index >= 15 is 0 Å². The first-order chi connectivity index (χ1) is 14.1. The molecule has 1 saturated heterocycles. The van der Waals surface area contributed by atoms with E-state index in [2.05, 4.69) is 53.3 Å². The number of unbranched alkanes of at least 4 members (excludes halogenated alkanes) is 1. The Bertz CT molecular complexity index is 819. The monoisotopic (exact) mass is 428 g/mol. The molecule has 0 aliphatic carbocycles. The van der Waals surface area contributed by atoms with Gasteiger partial charge in [-0.1, -0.05) is 72.3 Å². The highest BCUT2D eigenvalue weighted by Crippen LogP contribution is 2.28. The van der Waals surface area contributed by atoms with E-state index in [0.717, 1.165) is 56.8 Å². The first kappa shape index (κ1) is 21.8. The van der Waals surface area contributed by atoms with Gasteiger partial charge in [-0.2, -0.15) is 0 Å². The average Bonchev–Trinajstić information content (AvgIpc) is 2.71. The number of aryl methyl sites for hydroxylation is 1. The Labute approximate surface area is 185 Å². The molecule has 0 aromatic heterocycles. The first-order valence-corrected chi connectivity index (χ1v) is 11.1. The molecular formula is C25H30Cl2N2. The third-order valence-corrected chi connectivity index (χ3v) is 6.14. The number of rotatable bonds is 9. The van der Waals surface area contributed by atoms with Gasteiger partial charge in [0.05, 0.1) is 5.82 Å². The summed E-state index contributed by atoms with van der Waals surface area (Å²) in [5, 5.41) is 1.38. The molecule has 4 heteroatoms. The van der Waals surface area contributed by atoms with Crippen LogP contribution in [0.3, 0.4) is 0 Å². The van der Waals surface area contributed by atoms with Crippen molar-refractivity contribution in [1.29, 1.82) is 0 Å². The van der Waals surface area contributed by atoms with Gasteiger partial charge in [0.1, 0.15) is 0 Å². The Morgan fingerprint density at radius 1 is 1.00 bits per heavy atom. The lowest BCUT2D eigenvalue weighted by Gasteiger charge is -2.44. The fourth-order valence-electron chi connectivity index (χ4n) is 3.98. The zero-order valence-corrected chi connectivity index (χ0v) is 18.5. The zero-order valence-electron chi connectivity index (χ0n) is 17.0. The summed E-state index contributed by atoms with van der Waals surface area (Å²) in [5.74, 6) is 1.65. The van der Waals surface area contributed by atoms with Gasteiger partial charge in [-0.3, -0.25) is 0 Å². The van der Waals surface area contributed by atoms with Crippen molar-refractivity contribution in [3.63, 3.8) is 0 Å². The number of hydrogen-bond donors (Lipinski definition) is 0. The van der Waals surface area contributed by atoms with Crippen molar-refractivity contribution in [2.45, 2.75) is 32.2 Å². The lowest BCUT2D eigenvalue weighted by molar-refractivity contribution is 0.107.